The average molecular weight is 294 g/mol. The van der Waals surface area contributed by atoms with Gasteiger partial charge in [0.1, 0.15) is 5.75 Å². The second kappa shape index (κ2) is 5.67. The van der Waals surface area contributed by atoms with Crippen LogP contribution < -0.4 is 4.74 Å². The quantitative estimate of drug-likeness (QED) is 0.808. The number of aryl methyl sites for hydroxylation is 1. The summed E-state index contributed by atoms with van der Waals surface area (Å²) >= 11 is 6.22. The number of halogens is 1. The predicted molar refractivity (Wildman–Crippen MR) is 78.6 cm³/mol. The van der Waals surface area contributed by atoms with Crippen LogP contribution in [0, 0.1) is 6.92 Å². The molecule has 0 radical (unpaired) electrons. The van der Waals surface area contributed by atoms with Gasteiger partial charge >= 0.3 is 5.97 Å². The number of aromatic nitrogens is 1. The summed E-state index contributed by atoms with van der Waals surface area (Å²) in [5, 5.41) is 1.27. The Morgan fingerprint density at radius 2 is 2.00 bits per heavy atom. The first-order valence-corrected chi connectivity index (χ1v) is 6.66. The minimum atomic E-state index is -0.517. The van der Waals surface area contributed by atoms with E-state index in [0.717, 1.165) is 10.9 Å². The van der Waals surface area contributed by atoms with Gasteiger partial charge in [-0.25, -0.2) is 9.78 Å². The molecule has 106 valence electrons. The number of benzene rings is 1. The maximum Gasteiger partial charge on any atom is 0.356 e. The molecular weight excluding hydrogens is 278 g/mol. The smallest absolute Gasteiger partial charge is 0.356 e. The van der Waals surface area contributed by atoms with E-state index in [2.05, 4.69) is 4.98 Å². The van der Waals surface area contributed by atoms with Crippen LogP contribution >= 0.6 is 11.6 Å². The molecule has 2 rings (SSSR count). The molecule has 0 fully saturated rings. The fourth-order valence-electron chi connectivity index (χ4n) is 1.95. The van der Waals surface area contributed by atoms with E-state index in [1.807, 2.05) is 26.8 Å². The van der Waals surface area contributed by atoms with Gasteiger partial charge in [-0.05, 0) is 38.5 Å². The van der Waals surface area contributed by atoms with Crippen LogP contribution in [0.5, 0.6) is 5.75 Å². The van der Waals surface area contributed by atoms with Crippen molar-refractivity contribution in [3.63, 3.8) is 0 Å². The number of pyridine rings is 1. The Balaban J connectivity index is 2.74. The third-order valence-corrected chi connectivity index (χ3v) is 3.02. The molecule has 0 aliphatic carbocycles. The van der Waals surface area contributed by atoms with Crippen LogP contribution in [0.1, 0.15) is 29.9 Å². The lowest BCUT2D eigenvalue weighted by atomic mass is 10.1. The first-order valence-electron chi connectivity index (χ1n) is 6.28. The Morgan fingerprint density at radius 1 is 1.30 bits per heavy atom. The van der Waals surface area contributed by atoms with Crippen molar-refractivity contribution in [1.29, 1.82) is 0 Å². The van der Waals surface area contributed by atoms with E-state index in [-0.39, 0.29) is 11.8 Å². The number of carbonyl (C=O) groups is 1. The topological polar surface area (TPSA) is 48.4 Å². The molecule has 0 saturated carbocycles. The fraction of sp³-hybridized carbons (Fsp3) is 0.333. The third-order valence-electron chi connectivity index (χ3n) is 2.73. The minimum Gasteiger partial charge on any atom is -0.490 e. The number of fused-ring (bicyclic) bond motifs is 1. The van der Waals surface area contributed by atoms with Crippen molar-refractivity contribution < 1.29 is 14.3 Å². The van der Waals surface area contributed by atoms with Crippen molar-refractivity contribution in [1.82, 2.24) is 4.98 Å². The molecule has 0 amide bonds. The lowest BCUT2D eigenvalue weighted by Crippen LogP contribution is -2.10. The number of hydrogen-bond acceptors (Lipinski definition) is 4. The number of methoxy groups -OCH3 is 1. The zero-order valence-electron chi connectivity index (χ0n) is 11.9. The molecule has 0 N–H and O–H groups in total. The van der Waals surface area contributed by atoms with Crippen LogP contribution in [-0.2, 0) is 4.74 Å². The highest BCUT2D eigenvalue weighted by molar-refractivity contribution is 6.35. The molecule has 0 spiro atoms. The van der Waals surface area contributed by atoms with Crippen molar-refractivity contribution in [3.05, 3.63) is 34.5 Å². The van der Waals surface area contributed by atoms with Gasteiger partial charge in [-0.15, -0.1) is 0 Å². The first-order chi connectivity index (χ1) is 9.42. The van der Waals surface area contributed by atoms with Gasteiger partial charge in [-0.1, -0.05) is 11.6 Å². The van der Waals surface area contributed by atoms with Gasteiger partial charge in [0.2, 0.25) is 0 Å². The Bertz CT molecular complexity index is 668. The Kier molecular flexibility index (Phi) is 4.14. The summed E-state index contributed by atoms with van der Waals surface area (Å²) in [6.45, 7) is 5.78. The summed E-state index contributed by atoms with van der Waals surface area (Å²) in [6, 6.07) is 5.33. The monoisotopic (exact) mass is 293 g/mol. The summed E-state index contributed by atoms with van der Waals surface area (Å²) in [5.41, 5.74) is 1.72. The molecule has 0 unspecified atom stereocenters. The molecule has 1 heterocycles. The molecule has 1 aromatic carbocycles. The van der Waals surface area contributed by atoms with Crippen LogP contribution in [0.3, 0.4) is 0 Å². The molecule has 0 aliphatic rings. The molecular formula is C15H16ClNO3. The van der Waals surface area contributed by atoms with Gasteiger partial charge in [-0.2, -0.15) is 0 Å². The highest BCUT2D eigenvalue weighted by atomic mass is 35.5. The second-order valence-corrected chi connectivity index (χ2v) is 5.21. The van der Waals surface area contributed by atoms with E-state index in [9.17, 15) is 4.79 Å². The molecule has 20 heavy (non-hydrogen) atoms. The van der Waals surface area contributed by atoms with Crippen LogP contribution in [-0.4, -0.2) is 24.2 Å². The SMILES string of the molecule is COC(=O)c1cc(OC(C)C)c2cc(C)cc(Cl)c2n1. The van der Waals surface area contributed by atoms with Crippen LogP contribution in [0.4, 0.5) is 0 Å². The lowest BCUT2D eigenvalue weighted by Gasteiger charge is -2.14. The third kappa shape index (κ3) is 2.85. The van der Waals surface area contributed by atoms with Gasteiger partial charge in [0.25, 0.3) is 0 Å². The van der Waals surface area contributed by atoms with Crippen molar-refractivity contribution in [2.45, 2.75) is 26.9 Å². The fourth-order valence-corrected chi connectivity index (χ4v) is 2.27. The molecule has 2 aromatic rings. The standard InChI is InChI=1S/C15H16ClNO3/c1-8(2)20-13-7-12(15(18)19-4)17-14-10(13)5-9(3)6-11(14)16/h5-8H,1-4H3. The first kappa shape index (κ1) is 14.6. The van der Waals surface area contributed by atoms with Gasteiger partial charge in [0.05, 0.1) is 23.8 Å². The number of rotatable bonds is 3. The van der Waals surface area contributed by atoms with Gasteiger partial charge in [-0.3, -0.25) is 0 Å². The Hall–Kier alpha value is -1.81. The molecule has 0 aliphatic heterocycles. The van der Waals surface area contributed by atoms with Crippen molar-refractivity contribution in [3.8, 4) is 5.75 Å². The largest absolute Gasteiger partial charge is 0.490 e. The van der Waals surface area contributed by atoms with E-state index >= 15 is 0 Å². The summed E-state index contributed by atoms with van der Waals surface area (Å²) in [7, 11) is 1.31. The molecule has 0 saturated heterocycles. The van der Waals surface area contributed by atoms with Crippen molar-refractivity contribution in [2.75, 3.05) is 7.11 Å². The highest BCUT2D eigenvalue weighted by Gasteiger charge is 2.16. The molecule has 1 aromatic heterocycles. The number of carbonyl (C=O) groups excluding carboxylic acids is 1. The molecule has 5 heteroatoms. The number of esters is 1. The zero-order valence-corrected chi connectivity index (χ0v) is 12.6. The summed E-state index contributed by atoms with van der Waals surface area (Å²) in [4.78, 5) is 16.0. The summed E-state index contributed by atoms with van der Waals surface area (Å²) in [6.07, 6.45) is -0.0228. The van der Waals surface area contributed by atoms with E-state index in [1.54, 1.807) is 12.1 Å². The summed E-state index contributed by atoms with van der Waals surface area (Å²) < 4.78 is 10.5. The van der Waals surface area contributed by atoms with Crippen molar-refractivity contribution >= 4 is 28.5 Å². The van der Waals surface area contributed by atoms with Crippen molar-refractivity contribution in [2.24, 2.45) is 0 Å². The minimum absolute atomic E-state index is 0.0228. The predicted octanol–water partition coefficient (Wildman–Crippen LogP) is 3.77. The zero-order chi connectivity index (χ0) is 14.9. The van der Waals surface area contributed by atoms with E-state index in [0.29, 0.717) is 16.3 Å². The van der Waals surface area contributed by atoms with Gasteiger partial charge in [0, 0.05) is 11.5 Å². The van der Waals surface area contributed by atoms with Crippen LogP contribution in [0.25, 0.3) is 10.9 Å². The second-order valence-electron chi connectivity index (χ2n) is 4.81. The molecule has 4 nitrogen and oxygen atoms in total. The lowest BCUT2D eigenvalue weighted by molar-refractivity contribution is 0.0593. The molecule has 0 bridgehead atoms. The van der Waals surface area contributed by atoms with E-state index < -0.39 is 5.97 Å². The maximum absolute atomic E-state index is 11.7. The van der Waals surface area contributed by atoms with Crippen LogP contribution in [0.2, 0.25) is 5.02 Å². The number of nitrogens with zero attached hydrogens (tertiary/aromatic N) is 1. The summed E-state index contributed by atoms with van der Waals surface area (Å²) in [5.74, 6) is 0.0631. The van der Waals surface area contributed by atoms with E-state index in [4.69, 9.17) is 21.1 Å². The van der Waals surface area contributed by atoms with E-state index in [1.165, 1.54) is 7.11 Å². The average Bonchev–Trinajstić information content (AvgIpc) is 2.37. The van der Waals surface area contributed by atoms with Crippen LogP contribution in [0.15, 0.2) is 18.2 Å². The van der Waals surface area contributed by atoms with Gasteiger partial charge < -0.3 is 9.47 Å². The normalized spacial score (nSPS) is 10.9. The highest BCUT2D eigenvalue weighted by Crippen LogP contribution is 2.32. The maximum atomic E-state index is 11.7. The Labute approximate surface area is 122 Å². The molecule has 0 atom stereocenters. The number of ether oxygens (including phenoxy) is 2. The van der Waals surface area contributed by atoms with Gasteiger partial charge in [0.15, 0.2) is 5.69 Å². The Morgan fingerprint density at radius 3 is 2.60 bits per heavy atom. The number of hydrogen-bond donors (Lipinski definition) is 0.